The van der Waals surface area contributed by atoms with Gasteiger partial charge in [-0.3, -0.25) is 4.90 Å². The zero-order chi connectivity index (χ0) is 15.6. The summed E-state index contributed by atoms with van der Waals surface area (Å²) in [6.07, 6.45) is 0.858. The molecule has 0 aromatic heterocycles. The summed E-state index contributed by atoms with van der Waals surface area (Å²) in [6, 6.07) is 7.37. The zero-order valence-electron chi connectivity index (χ0n) is 13.6. The van der Waals surface area contributed by atoms with Crippen LogP contribution in [0.25, 0.3) is 0 Å². The summed E-state index contributed by atoms with van der Waals surface area (Å²) in [7, 11) is 4.29. The Hall–Kier alpha value is -0.970. The van der Waals surface area contributed by atoms with Crippen LogP contribution in [0, 0.1) is 11.7 Å². The smallest absolute Gasteiger partial charge is 0.123 e. The van der Waals surface area contributed by atoms with Crippen LogP contribution in [0.1, 0.15) is 19.4 Å². The Morgan fingerprint density at radius 1 is 1.29 bits per heavy atom. The lowest BCUT2D eigenvalue weighted by Gasteiger charge is -2.38. The fourth-order valence-corrected chi connectivity index (χ4v) is 3.42. The van der Waals surface area contributed by atoms with Crippen LogP contribution in [0.15, 0.2) is 24.3 Å². The predicted molar refractivity (Wildman–Crippen MR) is 85.8 cm³/mol. The van der Waals surface area contributed by atoms with E-state index in [0.29, 0.717) is 18.5 Å². The third-order valence-electron chi connectivity index (χ3n) is 4.94. The normalized spacial score (nSPS) is 26.2. The summed E-state index contributed by atoms with van der Waals surface area (Å²) in [5, 5.41) is 0. The molecule has 2 N–H and O–H groups in total. The highest BCUT2D eigenvalue weighted by atomic mass is 19.1. The summed E-state index contributed by atoms with van der Waals surface area (Å²) < 4.78 is 13.1. The first-order valence-corrected chi connectivity index (χ1v) is 7.72. The van der Waals surface area contributed by atoms with Crippen molar-refractivity contribution in [3.8, 4) is 0 Å². The minimum absolute atomic E-state index is 0.0726. The van der Waals surface area contributed by atoms with Gasteiger partial charge in [0, 0.05) is 31.2 Å². The lowest BCUT2D eigenvalue weighted by molar-refractivity contribution is 0.130. The van der Waals surface area contributed by atoms with E-state index in [0.717, 1.165) is 25.1 Å². The Bertz CT molecular complexity index is 460. The van der Waals surface area contributed by atoms with E-state index in [9.17, 15) is 4.39 Å². The number of halogens is 1. The second-order valence-corrected chi connectivity index (χ2v) is 6.92. The second-order valence-electron chi connectivity index (χ2n) is 6.92. The van der Waals surface area contributed by atoms with Crippen molar-refractivity contribution in [2.24, 2.45) is 11.7 Å². The van der Waals surface area contributed by atoms with Crippen molar-refractivity contribution in [3.63, 3.8) is 0 Å². The summed E-state index contributed by atoms with van der Waals surface area (Å²) >= 11 is 0. The molecule has 1 aliphatic rings. The molecule has 0 radical (unpaired) electrons. The standard InChI is InChI=1S/C17H28FN3/c1-13-10-21(11-16(13)20(3)4)17(2,12-19)9-14-5-7-15(18)8-6-14/h5-8,13,16H,9-12,19H2,1-4H3. The Labute approximate surface area is 127 Å². The van der Waals surface area contributed by atoms with E-state index in [4.69, 9.17) is 5.73 Å². The van der Waals surface area contributed by atoms with Gasteiger partial charge in [0.2, 0.25) is 0 Å². The van der Waals surface area contributed by atoms with Gasteiger partial charge in [0.15, 0.2) is 0 Å². The molecule has 0 spiro atoms. The lowest BCUT2D eigenvalue weighted by Crippen LogP contribution is -2.53. The molecule has 3 atom stereocenters. The van der Waals surface area contributed by atoms with E-state index in [2.05, 4.69) is 37.7 Å². The van der Waals surface area contributed by atoms with Crippen molar-refractivity contribution >= 4 is 0 Å². The summed E-state index contributed by atoms with van der Waals surface area (Å²) in [6.45, 7) is 7.25. The molecule has 4 heteroatoms. The van der Waals surface area contributed by atoms with Crippen LogP contribution in [-0.2, 0) is 6.42 Å². The fourth-order valence-electron chi connectivity index (χ4n) is 3.42. The maximum absolute atomic E-state index is 13.1. The van der Waals surface area contributed by atoms with Crippen molar-refractivity contribution in [2.75, 3.05) is 33.7 Å². The van der Waals surface area contributed by atoms with Gasteiger partial charge in [-0.2, -0.15) is 0 Å². The van der Waals surface area contributed by atoms with Crippen molar-refractivity contribution in [1.29, 1.82) is 0 Å². The Morgan fingerprint density at radius 3 is 2.38 bits per heavy atom. The second kappa shape index (κ2) is 6.42. The van der Waals surface area contributed by atoms with E-state index in [1.54, 1.807) is 0 Å². The molecule has 1 heterocycles. The minimum Gasteiger partial charge on any atom is -0.329 e. The molecule has 1 fully saturated rings. The van der Waals surface area contributed by atoms with E-state index in [-0.39, 0.29) is 11.4 Å². The number of nitrogens with two attached hydrogens (primary N) is 1. The van der Waals surface area contributed by atoms with E-state index in [1.165, 1.54) is 12.1 Å². The van der Waals surface area contributed by atoms with Crippen molar-refractivity contribution < 1.29 is 4.39 Å². The van der Waals surface area contributed by atoms with Gasteiger partial charge in [-0.1, -0.05) is 19.1 Å². The molecular weight excluding hydrogens is 265 g/mol. The Balaban J connectivity index is 2.12. The molecule has 1 saturated heterocycles. The largest absolute Gasteiger partial charge is 0.329 e. The van der Waals surface area contributed by atoms with Gasteiger partial charge in [-0.25, -0.2) is 4.39 Å². The van der Waals surface area contributed by atoms with Crippen LogP contribution in [-0.4, -0.2) is 55.1 Å². The van der Waals surface area contributed by atoms with Crippen molar-refractivity contribution in [2.45, 2.75) is 31.8 Å². The van der Waals surface area contributed by atoms with Gasteiger partial charge < -0.3 is 10.6 Å². The average Bonchev–Trinajstić information content (AvgIpc) is 2.84. The number of rotatable bonds is 5. The lowest BCUT2D eigenvalue weighted by atomic mass is 9.91. The van der Waals surface area contributed by atoms with Crippen LogP contribution in [0.3, 0.4) is 0 Å². The first-order chi connectivity index (χ1) is 9.85. The summed E-state index contributed by atoms with van der Waals surface area (Å²) in [5.41, 5.74) is 7.17. The molecule has 0 amide bonds. The molecular formula is C17H28FN3. The summed E-state index contributed by atoms with van der Waals surface area (Å²) in [4.78, 5) is 4.81. The van der Waals surface area contributed by atoms with Gasteiger partial charge >= 0.3 is 0 Å². The SMILES string of the molecule is CC1CN(C(C)(CN)Cc2ccc(F)cc2)CC1N(C)C. The van der Waals surface area contributed by atoms with Crippen LogP contribution < -0.4 is 5.73 Å². The quantitative estimate of drug-likeness (QED) is 0.901. The highest BCUT2D eigenvalue weighted by Gasteiger charge is 2.40. The van der Waals surface area contributed by atoms with Gasteiger partial charge in [0.05, 0.1) is 0 Å². The van der Waals surface area contributed by atoms with E-state index >= 15 is 0 Å². The molecule has 118 valence electrons. The molecule has 3 nitrogen and oxygen atoms in total. The number of likely N-dealkylation sites (N-methyl/N-ethyl adjacent to an activating group) is 1. The van der Waals surface area contributed by atoms with Gasteiger partial charge in [0.25, 0.3) is 0 Å². The molecule has 0 saturated carbocycles. The highest BCUT2D eigenvalue weighted by Crippen LogP contribution is 2.29. The van der Waals surface area contributed by atoms with Crippen LogP contribution >= 0.6 is 0 Å². The Kier molecular flexibility index (Phi) is 5.02. The predicted octanol–water partition coefficient (Wildman–Crippen LogP) is 1.97. The van der Waals surface area contributed by atoms with Crippen molar-refractivity contribution in [1.82, 2.24) is 9.80 Å². The summed E-state index contributed by atoms with van der Waals surface area (Å²) in [5.74, 6) is 0.453. The van der Waals surface area contributed by atoms with Crippen LogP contribution in [0.4, 0.5) is 4.39 Å². The van der Waals surface area contributed by atoms with Crippen LogP contribution in [0.5, 0.6) is 0 Å². The third kappa shape index (κ3) is 3.62. The molecule has 1 aromatic carbocycles. The molecule has 1 aliphatic heterocycles. The number of hydrogen-bond acceptors (Lipinski definition) is 3. The first-order valence-electron chi connectivity index (χ1n) is 7.72. The highest BCUT2D eigenvalue weighted by molar-refractivity contribution is 5.19. The number of hydrogen-bond donors (Lipinski definition) is 1. The number of likely N-dealkylation sites (tertiary alicyclic amines) is 1. The fraction of sp³-hybridized carbons (Fsp3) is 0.647. The van der Waals surface area contributed by atoms with Gasteiger partial charge in [-0.15, -0.1) is 0 Å². The topological polar surface area (TPSA) is 32.5 Å². The van der Waals surface area contributed by atoms with Crippen LogP contribution in [0.2, 0.25) is 0 Å². The van der Waals surface area contributed by atoms with Crippen molar-refractivity contribution in [3.05, 3.63) is 35.6 Å². The average molecular weight is 293 g/mol. The molecule has 0 bridgehead atoms. The van der Waals surface area contributed by atoms with Gasteiger partial charge in [0.1, 0.15) is 5.82 Å². The Morgan fingerprint density at radius 2 is 1.90 bits per heavy atom. The van der Waals surface area contributed by atoms with E-state index in [1.807, 2.05) is 12.1 Å². The monoisotopic (exact) mass is 293 g/mol. The maximum Gasteiger partial charge on any atom is 0.123 e. The number of nitrogens with zero attached hydrogens (tertiary/aromatic N) is 2. The molecule has 1 aromatic rings. The third-order valence-corrected chi connectivity index (χ3v) is 4.94. The maximum atomic E-state index is 13.1. The zero-order valence-corrected chi connectivity index (χ0v) is 13.6. The van der Waals surface area contributed by atoms with Gasteiger partial charge in [-0.05, 0) is 51.1 Å². The first kappa shape index (κ1) is 16.4. The molecule has 2 rings (SSSR count). The molecule has 21 heavy (non-hydrogen) atoms. The minimum atomic E-state index is -0.185. The number of benzene rings is 1. The molecule has 3 unspecified atom stereocenters. The van der Waals surface area contributed by atoms with E-state index < -0.39 is 0 Å². The molecule has 0 aliphatic carbocycles.